The summed E-state index contributed by atoms with van der Waals surface area (Å²) in [5.74, 6) is 0.568. The first kappa shape index (κ1) is 10.9. The Morgan fingerprint density at radius 3 is 2.57 bits per heavy atom. The van der Waals surface area contributed by atoms with Crippen LogP contribution in [0.5, 0.6) is 5.75 Å². The van der Waals surface area contributed by atoms with Crippen LogP contribution in [0.2, 0.25) is 5.02 Å². The van der Waals surface area contributed by atoms with Crippen molar-refractivity contribution < 1.29 is 9.53 Å². The lowest BCUT2D eigenvalue weighted by Gasteiger charge is -2.15. The van der Waals surface area contributed by atoms with Gasteiger partial charge in [0.25, 0.3) is 0 Å². The second-order valence-electron chi connectivity index (χ2n) is 2.90. The number of carbonyl (C=O) groups is 1. The monoisotopic (exact) mass is 213 g/mol. The van der Waals surface area contributed by atoms with Crippen LogP contribution in [0.4, 0.5) is 5.69 Å². The molecule has 1 aromatic rings. The fourth-order valence-electron chi connectivity index (χ4n) is 1.05. The molecule has 1 aromatic carbocycles. The minimum atomic E-state index is -0.0359. The van der Waals surface area contributed by atoms with Gasteiger partial charge in [-0.3, -0.25) is 4.79 Å². The van der Waals surface area contributed by atoms with Crippen LogP contribution in [-0.2, 0) is 4.79 Å². The number of anilines is 1. The summed E-state index contributed by atoms with van der Waals surface area (Å²) < 4.78 is 5.00. The minimum Gasteiger partial charge on any atom is -0.495 e. The topological polar surface area (TPSA) is 29.5 Å². The van der Waals surface area contributed by atoms with Crippen LogP contribution < -0.4 is 9.64 Å². The molecule has 76 valence electrons. The minimum absolute atomic E-state index is 0.0359. The molecule has 4 heteroatoms. The third-order valence-electron chi connectivity index (χ3n) is 2.00. The van der Waals surface area contributed by atoms with Crippen molar-refractivity contribution in [1.82, 2.24) is 0 Å². The molecule has 0 spiro atoms. The Bertz CT molecular complexity index is 352. The Hall–Kier alpha value is -1.22. The normalized spacial score (nSPS) is 9.71. The summed E-state index contributed by atoms with van der Waals surface area (Å²) in [5, 5.41) is 0.498. The molecule has 0 atom stereocenters. The van der Waals surface area contributed by atoms with Gasteiger partial charge in [-0.15, -0.1) is 0 Å². The van der Waals surface area contributed by atoms with Gasteiger partial charge in [0.1, 0.15) is 5.75 Å². The first-order valence-corrected chi connectivity index (χ1v) is 4.52. The van der Waals surface area contributed by atoms with Gasteiger partial charge in [-0.25, -0.2) is 0 Å². The van der Waals surface area contributed by atoms with Crippen molar-refractivity contribution >= 4 is 23.2 Å². The molecule has 0 aliphatic heterocycles. The third-order valence-corrected chi connectivity index (χ3v) is 2.29. The number of rotatable bonds is 2. The summed E-state index contributed by atoms with van der Waals surface area (Å²) in [6.45, 7) is 1.50. The number of methoxy groups -OCH3 is 1. The standard InChI is InChI=1S/C10H12ClNO2/c1-7(13)12(2)8-4-5-10(14-3)9(11)6-8/h4-6H,1-3H3. The van der Waals surface area contributed by atoms with Crippen molar-refractivity contribution in [2.45, 2.75) is 6.92 Å². The summed E-state index contributed by atoms with van der Waals surface area (Å²) in [5.41, 5.74) is 0.753. The van der Waals surface area contributed by atoms with Crippen molar-refractivity contribution in [1.29, 1.82) is 0 Å². The Kier molecular flexibility index (Phi) is 3.36. The fraction of sp³-hybridized carbons (Fsp3) is 0.300. The number of ether oxygens (including phenoxy) is 1. The maximum atomic E-state index is 11.1. The van der Waals surface area contributed by atoms with Crippen molar-refractivity contribution in [2.75, 3.05) is 19.1 Å². The van der Waals surface area contributed by atoms with Crippen LogP contribution in [0.1, 0.15) is 6.92 Å². The van der Waals surface area contributed by atoms with Gasteiger partial charge in [-0.1, -0.05) is 11.6 Å². The van der Waals surface area contributed by atoms with Gasteiger partial charge < -0.3 is 9.64 Å². The Morgan fingerprint density at radius 2 is 2.14 bits per heavy atom. The lowest BCUT2D eigenvalue weighted by molar-refractivity contribution is -0.116. The number of nitrogens with zero attached hydrogens (tertiary/aromatic N) is 1. The zero-order chi connectivity index (χ0) is 10.7. The van der Waals surface area contributed by atoms with E-state index in [2.05, 4.69) is 0 Å². The summed E-state index contributed by atoms with van der Waals surface area (Å²) in [4.78, 5) is 12.6. The Balaban J connectivity index is 3.02. The number of hydrogen-bond donors (Lipinski definition) is 0. The van der Waals surface area contributed by atoms with Gasteiger partial charge in [0, 0.05) is 19.7 Å². The molecule has 14 heavy (non-hydrogen) atoms. The van der Waals surface area contributed by atoms with Crippen LogP contribution in [-0.4, -0.2) is 20.1 Å². The lowest BCUT2D eigenvalue weighted by Crippen LogP contribution is -2.22. The molecule has 0 saturated carbocycles. The largest absolute Gasteiger partial charge is 0.495 e. The van der Waals surface area contributed by atoms with Gasteiger partial charge in [-0.2, -0.15) is 0 Å². The van der Waals surface area contributed by atoms with E-state index >= 15 is 0 Å². The van der Waals surface area contributed by atoms with Gasteiger partial charge in [0.2, 0.25) is 5.91 Å². The number of hydrogen-bond acceptors (Lipinski definition) is 2. The molecule has 0 aliphatic carbocycles. The summed E-state index contributed by atoms with van der Waals surface area (Å²) in [7, 11) is 3.25. The zero-order valence-electron chi connectivity index (χ0n) is 8.37. The van der Waals surface area contributed by atoms with Crippen LogP contribution >= 0.6 is 11.6 Å². The molecule has 0 aromatic heterocycles. The molecule has 1 rings (SSSR count). The van der Waals surface area contributed by atoms with E-state index in [-0.39, 0.29) is 5.91 Å². The van der Waals surface area contributed by atoms with E-state index in [1.54, 1.807) is 32.4 Å². The van der Waals surface area contributed by atoms with Gasteiger partial charge in [0.05, 0.1) is 12.1 Å². The number of halogens is 1. The molecule has 0 unspecified atom stereocenters. The number of benzene rings is 1. The van der Waals surface area contributed by atoms with Crippen molar-refractivity contribution in [2.24, 2.45) is 0 Å². The fourth-order valence-corrected chi connectivity index (χ4v) is 1.30. The molecule has 0 fully saturated rings. The average molecular weight is 214 g/mol. The first-order chi connectivity index (χ1) is 6.56. The van der Waals surface area contributed by atoms with E-state index < -0.39 is 0 Å². The molecule has 1 amide bonds. The molecule has 0 N–H and O–H groups in total. The predicted octanol–water partition coefficient (Wildman–Crippen LogP) is 2.33. The highest BCUT2D eigenvalue weighted by Crippen LogP contribution is 2.28. The highest BCUT2D eigenvalue weighted by Gasteiger charge is 2.08. The van der Waals surface area contributed by atoms with Crippen molar-refractivity contribution in [3.05, 3.63) is 23.2 Å². The van der Waals surface area contributed by atoms with E-state index in [0.717, 1.165) is 5.69 Å². The Morgan fingerprint density at radius 1 is 1.50 bits per heavy atom. The molecular formula is C10H12ClNO2. The molecule has 0 saturated heterocycles. The van der Waals surface area contributed by atoms with Crippen molar-refractivity contribution in [3.8, 4) is 5.75 Å². The van der Waals surface area contributed by atoms with Crippen LogP contribution in [0.3, 0.4) is 0 Å². The molecule has 0 aliphatic rings. The molecule has 0 bridgehead atoms. The smallest absolute Gasteiger partial charge is 0.223 e. The second-order valence-corrected chi connectivity index (χ2v) is 3.30. The zero-order valence-corrected chi connectivity index (χ0v) is 9.13. The second kappa shape index (κ2) is 4.33. The molecule has 3 nitrogen and oxygen atoms in total. The maximum absolute atomic E-state index is 11.1. The highest BCUT2D eigenvalue weighted by molar-refractivity contribution is 6.32. The van der Waals surface area contributed by atoms with E-state index in [9.17, 15) is 4.79 Å². The molecule has 0 heterocycles. The average Bonchev–Trinajstić information content (AvgIpc) is 2.16. The maximum Gasteiger partial charge on any atom is 0.223 e. The van der Waals surface area contributed by atoms with Crippen molar-refractivity contribution in [3.63, 3.8) is 0 Å². The van der Waals surface area contributed by atoms with Gasteiger partial charge in [0.15, 0.2) is 0 Å². The number of amides is 1. The third kappa shape index (κ3) is 2.17. The number of carbonyl (C=O) groups excluding carboxylic acids is 1. The van der Waals surface area contributed by atoms with Crippen LogP contribution in [0.15, 0.2) is 18.2 Å². The molecule has 0 radical (unpaired) electrons. The summed E-state index contributed by atoms with van der Waals surface area (Å²) in [6, 6.07) is 5.21. The lowest BCUT2D eigenvalue weighted by atomic mass is 10.3. The SMILES string of the molecule is COc1ccc(N(C)C(C)=O)cc1Cl. The summed E-state index contributed by atoms with van der Waals surface area (Å²) >= 11 is 5.92. The Labute approximate surface area is 88.2 Å². The molecular weight excluding hydrogens is 202 g/mol. The van der Waals surface area contributed by atoms with E-state index in [1.807, 2.05) is 0 Å². The van der Waals surface area contributed by atoms with E-state index in [4.69, 9.17) is 16.3 Å². The van der Waals surface area contributed by atoms with Gasteiger partial charge >= 0.3 is 0 Å². The predicted molar refractivity (Wildman–Crippen MR) is 57.1 cm³/mol. The van der Waals surface area contributed by atoms with Gasteiger partial charge in [-0.05, 0) is 18.2 Å². The van der Waals surface area contributed by atoms with Crippen LogP contribution in [0.25, 0.3) is 0 Å². The highest BCUT2D eigenvalue weighted by atomic mass is 35.5. The quantitative estimate of drug-likeness (QED) is 0.755. The van der Waals surface area contributed by atoms with E-state index in [1.165, 1.54) is 11.8 Å². The van der Waals surface area contributed by atoms with Crippen LogP contribution in [0, 0.1) is 0 Å². The summed E-state index contributed by atoms with van der Waals surface area (Å²) in [6.07, 6.45) is 0. The first-order valence-electron chi connectivity index (χ1n) is 4.14. The van der Waals surface area contributed by atoms with E-state index in [0.29, 0.717) is 10.8 Å².